The Bertz CT molecular complexity index is 798. The SMILES string of the molecule is O=c1c2ccccc2nnn1Cc1ccccc1F. The van der Waals surface area contributed by atoms with Gasteiger partial charge in [-0.15, -0.1) is 5.10 Å². The standard InChI is InChI=1S/C14H10FN3O/c15-12-7-3-1-5-10(12)9-18-14(19)11-6-2-4-8-13(11)16-17-18/h1-8H,9H2. The predicted octanol–water partition coefficient (Wildman–Crippen LogP) is 1.98. The van der Waals surface area contributed by atoms with Gasteiger partial charge in [-0.05, 0) is 18.2 Å². The lowest BCUT2D eigenvalue weighted by molar-refractivity contribution is 0.557. The van der Waals surface area contributed by atoms with Gasteiger partial charge >= 0.3 is 0 Å². The van der Waals surface area contributed by atoms with Crippen LogP contribution in [0.4, 0.5) is 4.39 Å². The average molecular weight is 255 g/mol. The molecular formula is C14H10FN3O. The molecule has 0 N–H and O–H groups in total. The van der Waals surface area contributed by atoms with Crippen molar-refractivity contribution >= 4 is 10.9 Å². The van der Waals surface area contributed by atoms with Gasteiger partial charge in [0.05, 0.1) is 11.9 Å². The van der Waals surface area contributed by atoms with Crippen LogP contribution in [0, 0.1) is 5.82 Å². The second-order valence-electron chi connectivity index (χ2n) is 4.16. The van der Waals surface area contributed by atoms with Gasteiger partial charge in [-0.1, -0.05) is 35.5 Å². The van der Waals surface area contributed by atoms with Gasteiger partial charge in [0.2, 0.25) is 0 Å². The summed E-state index contributed by atoms with van der Waals surface area (Å²) in [5.74, 6) is -0.357. The van der Waals surface area contributed by atoms with Crippen LogP contribution < -0.4 is 5.56 Å². The first-order chi connectivity index (χ1) is 9.25. The van der Waals surface area contributed by atoms with E-state index in [9.17, 15) is 9.18 Å². The summed E-state index contributed by atoms with van der Waals surface area (Å²) in [6.07, 6.45) is 0. The fourth-order valence-corrected chi connectivity index (χ4v) is 1.91. The molecular weight excluding hydrogens is 245 g/mol. The first-order valence-corrected chi connectivity index (χ1v) is 5.81. The van der Waals surface area contributed by atoms with Gasteiger partial charge in [-0.25, -0.2) is 9.07 Å². The maximum absolute atomic E-state index is 13.6. The van der Waals surface area contributed by atoms with E-state index in [2.05, 4.69) is 10.3 Å². The van der Waals surface area contributed by atoms with E-state index in [-0.39, 0.29) is 17.9 Å². The number of nitrogens with zero attached hydrogens (tertiary/aromatic N) is 3. The molecule has 0 saturated carbocycles. The van der Waals surface area contributed by atoms with E-state index in [1.807, 2.05) is 0 Å². The van der Waals surface area contributed by atoms with Crippen LogP contribution in [-0.2, 0) is 6.54 Å². The number of benzene rings is 2. The Hall–Kier alpha value is -2.56. The summed E-state index contributed by atoms with van der Waals surface area (Å²) >= 11 is 0. The summed E-state index contributed by atoms with van der Waals surface area (Å²) in [4.78, 5) is 12.2. The normalized spacial score (nSPS) is 10.8. The molecule has 3 rings (SSSR count). The van der Waals surface area contributed by atoms with Crippen molar-refractivity contribution in [1.29, 1.82) is 0 Å². The zero-order valence-electron chi connectivity index (χ0n) is 9.95. The third-order valence-electron chi connectivity index (χ3n) is 2.91. The molecule has 2 aromatic carbocycles. The lowest BCUT2D eigenvalue weighted by Crippen LogP contribution is -2.25. The van der Waals surface area contributed by atoms with Gasteiger partial charge in [0, 0.05) is 5.56 Å². The molecule has 4 nitrogen and oxygen atoms in total. The summed E-state index contributed by atoms with van der Waals surface area (Å²) < 4.78 is 14.7. The Morgan fingerprint density at radius 3 is 2.63 bits per heavy atom. The summed E-state index contributed by atoms with van der Waals surface area (Å²) in [7, 11) is 0. The van der Waals surface area contributed by atoms with Crippen LogP contribution in [0.1, 0.15) is 5.56 Å². The Labute approximate surface area is 108 Å². The molecule has 0 spiro atoms. The monoisotopic (exact) mass is 255 g/mol. The highest BCUT2D eigenvalue weighted by molar-refractivity contribution is 5.76. The molecule has 3 aromatic rings. The van der Waals surface area contributed by atoms with Crippen molar-refractivity contribution in [2.75, 3.05) is 0 Å². The van der Waals surface area contributed by atoms with Crippen molar-refractivity contribution in [3.8, 4) is 0 Å². The smallest absolute Gasteiger partial charge is 0.267 e. The van der Waals surface area contributed by atoms with E-state index < -0.39 is 0 Å². The summed E-state index contributed by atoms with van der Waals surface area (Å²) in [5, 5.41) is 8.27. The molecule has 1 aromatic heterocycles. The second-order valence-corrected chi connectivity index (χ2v) is 4.16. The molecule has 0 radical (unpaired) electrons. The van der Waals surface area contributed by atoms with Crippen LogP contribution in [0.15, 0.2) is 53.3 Å². The maximum Gasteiger partial charge on any atom is 0.277 e. The van der Waals surface area contributed by atoms with E-state index in [4.69, 9.17) is 0 Å². The molecule has 0 unspecified atom stereocenters. The zero-order valence-corrected chi connectivity index (χ0v) is 9.95. The quantitative estimate of drug-likeness (QED) is 0.703. The molecule has 0 atom stereocenters. The molecule has 94 valence electrons. The van der Waals surface area contributed by atoms with Gasteiger partial charge in [-0.3, -0.25) is 4.79 Å². The number of rotatable bonds is 2. The van der Waals surface area contributed by atoms with Crippen LogP contribution in [0.2, 0.25) is 0 Å². The van der Waals surface area contributed by atoms with Crippen molar-refractivity contribution in [1.82, 2.24) is 15.0 Å². The second kappa shape index (κ2) is 4.61. The van der Waals surface area contributed by atoms with E-state index >= 15 is 0 Å². The van der Waals surface area contributed by atoms with Crippen LogP contribution in [0.25, 0.3) is 10.9 Å². The topological polar surface area (TPSA) is 47.8 Å². The molecule has 19 heavy (non-hydrogen) atoms. The Morgan fingerprint density at radius 2 is 1.79 bits per heavy atom. The number of hydrogen-bond acceptors (Lipinski definition) is 3. The van der Waals surface area contributed by atoms with Crippen LogP contribution >= 0.6 is 0 Å². The highest BCUT2D eigenvalue weighted by Crippen LogP contribution is 2.08. The molecule has 0 aliphatic heterocycles. The van der Waals surface area contributed by atoms with E-state index in [0.717, 1.165) is 0 Å². The fraction of sp³-hybridized carbons (Fsp3) is 0.0714. The third kappa shape index (κ3) is 2.10. The zero-order chi connectivity index (χ0) is 13.2. The van der Waals surface area contributed by atoms with Gasteiger partial charge in [-0.2, -0.15) is 0 Å². The number of fused-ring (bicyclic) bond motifs is 1. The number of hydrogen-bond donors (Lipinski definition) is 0. The highest BCUT2D eigenvalue weighted by Gasteiger charge is 2.07. The molecule has 0 bridgehead atoms. The van der Waals surface area contributed by atoms with Gasteiger partial charge in [0.1, 0.15) is 11.3 Å². The lowest BCUT2D eigenvalue weighted by atomic mass is 10.2. The van der Waals surface area contributed by atoms with Gasteiger partial charge in [0.15, 0.2) is 0 Å². The van der Waals surface area contributed by atoms with Crippen LogP contribution in [-0.4, -0.2) is 15.0 Å². The Balaban J connectivity index is 2.10. The minimum Gasteiger partial charge on any atom is -0.267 e. The summed E-state index contributed by atoms with van der Waals surface area (Å²) in [5.41, 5.74) is 0.681. The molecule has 0 aliphatic carbocycles. The molecule has 1 heterocycles. The van der Waals surface area contributed by atoms with Crippen molar-refractivity contribution in [2.45, 2.75) is 6.54 Å². The largest absolute Gasteiger partial charge is 0.277 e. The molecule has 0 amide bonds. The van der Waals surface area contributed by atoms with Crippen molar-refractivity contribution in [3.63, 3.8) is 0 Å². The summed E-state index contributed by atoms with van der Waals surface area (Å²) in [6, 6.07) is 13.3. The minimum atomic E-state index is -0.357. The highest BCUT2D eigenvalue weighted by atomic mass is 19.1. The van der Waals surface area contributed by atoms with Crippen LogP contribution in [0.5, 0.6) is 0 Å². The first-order valence-electron chi connectivity index (χ1n) is 5.81. The number of aromatic nitrogens is 3. The summed E-state index contributed by atoms with van der Waals surface area (Å²) in [6.45, 7) is 0.0728. The fourth-order valence-electron chi connectivity index (χ4n) is 1.91. The maximum atomic E-state index is 13.6. The Morgan fingerprint density at radius 1 is 1.05 bits per heavy atom. The third-order valence-corrected chi connectivity index (χ3v) is 2.91. The molecule has 0 saturated heterocycles. The van der Waals surface area contributed by atoms with E-state index in [1.54, 1.807) is 42.5 Å². The predicted molar refractivity (Wildman–Crippen MR) is 69.3 cm³/mol. The lowest BCUT2D eigenvalue weighted by Gasteiger charge is -2.05. The average Bonchev–Trinajstić information content (AvgIpc) is 2.44. The number of halogens is 1. The Kier molecular flexibility index (Phi) is 2.79. The van der Waals surface area contributed by atoms with Gasteiger partial charge in [0.25, 0.3) is 5.56 Å². The van der Waals surface area contributed by atoms with Crippen molar-refractivity contribution in [2.24, 2.45) is 0 Å². The molecule has 0 aliphatic rings. The van der Waals surface area contributed by atoms with E-state index in [0.29, 0.717) is 16.5 Å². The van der Waals surface area contributed by atoms with Crippen LogP contribution in [0.3, 0.4) is 0 Å². The van der Waals surface area contributed by atoms with Gasteiger partial charge < -0.3 is 0 Å². The minimum absolute atomic E-state index is 0.0728. The van der Waals surface area contributed by atoms with Crippen molar-refractivity contribution in [3.05, 3.63) is 70.3 Å². The van der Waals surface area contributed by atoms with E-state index in [1.165, 1.54) is 10.7 Å². The molecule has 5 heteroatoms. The first kappa shape index (κ1) is 11.5. The molecule has 0 fully saturated rings. The van der Waals surface area contributed by atoms with Crippen molar-refractivity contribution < 1.29 is 4.39 Å².